The van der Waals surface area contributed by atoms with Gasteiger partial charge in [0.15, 0.2) is 17.0 Å². The van der Waals surface area contributed by atoms with Gasteiger partial charge in [0.05, 0.1) is 5.02 Å². The van der Waals surface area contributed by atoms with E-state index in [1.165, 1.54) is 0 Å². The number of hydrogen-bond acceptors (Lipinski definition) is 6. The minimum atomic E-state index is 0.703. The lowest BCUT2D eigenvalue weighted by molar-refractivity contribution is 0.312. The van der Waals surface area contributed by atoms with Gasteiger partial charge in [0.25, 0.3) is 0 Å². The van der Waals surface area contributed by atoms with E-state index in [2.05, 4.69) is 27.7 Å². The first-order valence-corrected chi connectivity index (χ1v) is 11.3. The number of imidazole rings is 1. The number of likely N-dealkylation sites (N-methyl/N-ethyl adjacent to an activating group) is 1. The van der Waals surface area contributed by atoms with Crippen molar-refractivity contribution in [3.8, 4) is 11.4 Å². The highest BCUT2D eigenvalue weighted by Crippen LogP contribution is 2.33. The number of halogens is 1. The van der Waals surface area contributed by atoms with Crippen molar-refractivity contribution < 1.29 is 0 Å². The number of aromatic nitrogens is 4. The molecule has 8 heteroatoms. The largest absolute Gasteiger partial charge is 0.352 e. The standard InChI is InChI=1S/C20H25ClN6S/c1-14-22-19(26-10-8-25(2)9-11-26)17-20(23-14)27(12-13-28-3)18(24-17)15-6-4-5-7-16(15)21/h4-7H,8-13H2,1-3H3. The number of rotatable bonds is 5. The van der Waals surface area contributed by atoms with E-state index in [0.717, 1.165) is 72.7 Å². The second kappa shape index (κ2) is 8.27. The van der Waals surface area contributed by atoms with Crippen molar-refractivity contribution >= 4 is 40.3 Å². The SMILES string of the molecule is CSCCn1c(-c2ccccc2Cl)nc2c(N3CCN(C)CC3)nc(C)nc21. The monoisotopic (exact) mass is 416 g/mol. The minimum Gasteiger partial charge on any atom is -0.352 e. The molecule has 0 N–H and O–H groups in total. The molecule has 3 heterocycles. The summed E-state index contributed by atoms with van der Waals surface area (Å²) < 4.78 is 2.20. The number of piperazine rings is 1. The number of thioether (sulfide) groups is 1. The molecule has 148 valence electrons. The summed E-state index contributed by atoms with van der Waals surface area (Å²) in [6.45, 7) is 6.73. The van der Waals surface area contributed by atoms with Crippen LogP contribution in [-0.2, 0) is 6.54 Å². The van der Waals surface area contributed by atoms with E-state index in [9.17, 15) is 0 Å². The maximum Gasteiger partial charge on any atom is 0.166 e. The van der Waals surface area contributed by atoms with Crippen LogP contribution in [0.3, 0.4) is 0 Å². The Morgan fingerprint density at radius 2 is 1.82 bits per heavy atom. The molecule has 0 aliphatic carbocycles. The Balaban J connectivity index is 1.90. The number of fused-ring (bicyclic) bond motifs is 1. The molecule has 6 nitrogen and oxygen atoms in total. The highest BCUT2D eigenvalue weighted by molar-refractivity contribution is 7.98. The highest BCUT2D eigenvalue weighted by Gasteiger charge is 2.24. The summed E-state index contributed by atoms with van der Waals surface area (Å²) in [4.78, 5) is 19.3. The van der Waals surface area contributed by atoms with E-state index in [1.54, 1.807) is 0 Å². The van der Waals surface area contributed by atoms with Crippen molar-refractivity contribution in [2.45, 2.75) is 13.5 Å². The molecule has 0 unspecified atom stereocenters. The zero-order chi connectivity index (χ0) is 19.7. The van der Waals surface area contributed by atoms with Crippen molar-refractivity contribution in [1.29, 1.82) is 0 Å². The molecule has 0 spiro atoms. The molecule has 0 radical (unpaired) electrons. The maximum absolute atomic E-state index is 6.52. The topological polar surface area (TPSA) is 50.1 Å². The normalized spacial score (nSPS) is 15.5. The molecule has 1 aromatic carbocycles. The molecule has 28 heavy (non-hydrogen) atoms. The molecule has 2 aromatic heterocycles. The molecule has 1 fully saturated rings. The number of benzene rings is 1. The number of nitrogens with zero attached hydrogens (tertiary/aromatic N) is 6. The van der Waals surface area contributed by atoms with Gasteiger partial charge in [-0.1, -0.05) is 23.7 Å². The molecule has 0 bridgehead atoms. The van der Waals surface area contributed by atoms with Gasteiger partial charge in [0.2, 0.25) is 0 Å². The molecule has 0 atom stereocenters. The van der Waals surface area contributed by atoms with Gasteiger partial charge in [-0.15, -0.1) is 0 Å². The minimum absolute atomic E-state index is 0.703. The third kappa shape index (κ3) is 3.71. The molecular formula is C20H25ClN6S. The average molecular weight is 417 g/mol. The fourth-order valence-electron chi connectivity index (χ4n) is 3.57. The summed E-state index contributed by atoms with van der Waals surface area (Å²) >= 11 is 8.33. The van der Waals surface area contributed by atoms with E-state index >= 15 is 0 Å². The van der Waals surface area contributed by atoms with Crippen molar-refractivity contribution in [1.82, 2.24) is 24.4 Å². The Bertz CT molecular complexity index is 980. The lowest BCUT2D eigenvalue weighted by Gasteiger charge is -2.33. The summed E-state index contributed by atoms with van der Waals surface area (Å²) in [7, 11) is 2.16. The van der Waals surface area contributed by atoms with Gasteiger partial charge < -0.3 is 14.4 Å². The van der Waals surface area contributed by atoms with Crippen LogP contribution in [0.5, 0.6) is 0 Å². The van der Waals surface area contributed by atoms with Gasteiger partial charge in [-0.3, -0.25) is 0 Å². The Labute approximate surface area is 174 Å². The van der Waals surface area contributed by atoms with Gasteiger partial charge in [0.1, 0.15) is 11.6 Å². The molecule has 0 saturated carbocycles. The van der Waals surface area contributed by atoms with Gasteiger partial charge in [0, 0.05) is 44.0 Å². The predicted molar refractivity (Wildman–Crippen MR) is 119 cm³/mol. The summed E-state index contributed by atoms with van der Waals surface area (Å²) in [5.41, 5.74) is 2.70. The number of aryl methyl sites for hydroxylation is 2. The summed E-state index contributed by atoms with van der Waals surface area (Å²) in [5, 5.41) is 0.703. The Kier molecular flexibility index (Phi) is 5.75. The summed E-state index contributed by atoms with van der Waals surface area (Å²) in [5.74, 6) is 3.56. The van der Waals surface area contributed by atoms with Gasteiger partial charge in [-0.05, 0) is 32.4 Å². The van der Waals surface area contributed by atoms with E-state index in [1.807, 2.05) is 43.0 Å². The summed E-state index contributed by atoms with van der Waals surface area (Å²) in [6, 6.07) is 7.88. The molecule has 3 aromatic rings. The second-order valence-electron chi connectivity index (χ2n) is 7.12. The van der Waals surface area contributed by atoms with Crippen LogP contribution in [-0.4, -0.2) is 69.7 Å². The maximum atomic E-state index is 6.52. The van der Waals surface area contributed by atoms with Crippen LogP contribution in [0.1, 0.15) is 5.82 Å². The highest BCUT2D eigenvalue weighted by atomic mass is 35.5. The fraction of sp³-hybridized carbons (Fsp3) is 0.450. The van der Waals surface area contributed by atoms with E-state index in [0.29, 0.717) is 5.02 Å². The summed E-state index contributed by atoms with van der Waals surface area (Å²) in [6.07, 6.45) is 2.12. The van der Waals surface area contributed by atoms with Crippen LogP contribution < -0.4 is 4.90 Å². The molecule has 4 rings (SSSR count). The molecular weight excluding hydrogens is 392 g/mol. The van der Waals surface area contributed by atoms with Gasteiger partial charge in [-0.25, -0.2) is 15.0 Å². The zero-order valence-corrected chi connectivity index (χ0v) is 18.1. The van der Waals surface area contributed by atoms with Crippen molar-refractivity contribution in [2.75, 3.05) is 50.1 Å². The third-order valence-corrected chi connectivity index (χ3v) is 6.05. The van der Waals surface area contributed by atoms with Crippen LogP contribution >= 0.6 is 23.4 Å². The first-order valence-electron chi connectivity index (χ1n) is 9.50. The Morgan fingerprint density at radius 1 is 1.07 bits per heavy atom. The second-order valence-corrected chi connectivity index (χ2v) is 8.51. The van der Waals surface area contributed by atoms with E-state index < -0.39 is 0 Å². The van der Waals surface area contributed by atoms with Crippen LogP contribution in [0, 0.1) is 6.92 Å². The average Bonchev–Trinajstić information content (AvgIpc) is 3.04. The van der Waals surface area contributed by atoms with Crippen molar-refractivity contribution in [2.24, 2.45) is 0 Å². The predicted octanol–water partition coefficient (Wildman–Crippen LogP) is 3.57. The first kappa shape index (κ1) is 19.5. The first-order chi connectivity index (χ1) is 13.6. The molecule has 1 aliphatic heterocycles. The smallest absolute Gasteiger partial charge is 0.166 e. The third-order valence-electron chi connectivity index (χ3n) is 5.12. The Hall–Kier alpha value is -1.83. The fourth-order valence-corrected chi connectivity index (χ4v) is 4.16. The van der Waals surface area contributed by atoms with Gasteiger partial charge in [-0.2, -0.15) is 11.8 Å². The van der Waals surface area contributed by atoms with Crippen LogP contribution in [0.25, 0.3) is 22.6 Å². The quantitative estimate of drug-likeness (QED) is 0.633. The number of anilines is 1. The zero-order valence-electron chi connectivity index (χ0n) is 16.5. The van der Waals surface area contributed by atoms with Crippen LogP contribution in [0.4, 0.5) is 5.82 Å². The van der Waals surface area contributed by atoms with Gasteiger partial charge >= 0.3 is 0 Å². The van der Waals surface area contributed by atoms with Crippen LogP contribution in [0.15, 0.2) is 24.3 Å². The Morgan fingerprint density at radius 3 is 2.54 bits per heavy atom. The lowest BCUT2D eigenvalue weighted by Crippen LogP contribution is -2.45. The van der Waals surface area contributed by atoms with Crippen LogP contribution in [0.2, 0.25) is 5.02 Å². The number of hydrogen-bond donors (Lipinski definition) is 0. The molecule has 1 saturated heterocycles. The van der Waals surface area contributed by atoms with Crippen molar-refractivity contribution in [3.05, 3.63) is 35.1 Å². The lowest BCUT2D eigenvalue weighted by atomic mass is 10.2. The molecule has 0 amide bonds. The van der Waals surface area contributed by atoms with E-state index in [4.69, 9.17) is 26.6 Å². The van der Waals surface area contributed by atoms with E-state index in [-0.39, 0.29) is 0 Å². The van der Waals surface area contributed by atoms with Crippen molar-refractivity contribution in [3.63, 3.8) is 0 Å². The molecule has 1 aliphatic rings.